The fourth-order valence-corrected chi connectivity index (χ4v) is 1.03. The number of halogens is 1. The van der Waals surface area contributed by atoms with Gasteiger partial charge in [-0.15, -0.1) is 0 Å². The van der Waals surface area contributed by atoms with Crippen LogP contribution in [0.5, 0.6) is 5.75 Å². The highest BCUT2D eigenvalue weighted by Crippen LogP contribution is 2.23. The van der Waals surface area contributed by atoms with Crippen LogP contribution in [0.2, 0.25) is 0 Å². The van der Waals surface area contributed by atoms with Crippen LogP contribution in [0.4, 0.5) is 4.39 Å². The average molecular weight is 182 g/mol. The summed E-state index contributed by atoms with van der Waals surface area (Å²) in [6.45, 7) is 3.40. The van der Waals surface area contributed by atoms with Gasteiger partial charge in [0.05, 0.1) is 5.56 Å². The Labute approximate surface area is 76.0 Å². The molecule has 0 heterocycles. The summed E-state index contributed by atoms with van der Waals surface area (Å²) in [5, 5.41) is 9.22. The second kappa shape index (κ2) is 3.56. The van der Waals surface area contributed by atoms with Gasteiger partial charge < -0.3 is 5.11 Å². The lowest BCUT2D eigenvalue weighted by Crippen LogP contribution is -2.07. The number of carbonyl (C=O) groups is 1. The van der Waals surface area contributed by atoms with E-state index in [4.69, 9.17) is 0 Å². The number of phenolic OH excluding ortho intramolecular Hbond substituents is 1. The maximum absolute atomic E-state index is 12.8. The summed E-state index contributed by atoms with van der Waals surface area (Å²) in [5.41, 5.74) is 0.0509. The number of Topliss-reactive ketones (excluding diaryl/α,β-unsaturated/α-hetero) is 1. The Balaban J connectivity index is 3.15. The average Bonchev–Trinajstić information content (AvgIpc) is 2.08. The summed E-state index contributed by atoms with van der Waals surface area (Å²) in [5.74, 6) is -1.81. The second-order valence-electron chi connectivity index (χ2n) is 3.15. The molecule has 0 amide bonds. The number of rotatable bonds is 2. The van der Waals surface area contributed by atoms with Crippen molar-refractivity contribution in [2.45, 2.75) is 13.8 Å². The molecule has 0 unspecified atom stereocenters. The van der Waals surface area contributed by atoms with Crippen LogP contribution < -0.4 is 0 Å². The highest BCUT2D eigenvalue weighted by molar-refractivity contribution is 5.99. The number of phenols is 1. The Morgan fingerprint density at radius 2 is 2.08 bits per heavy atom. The van der Waals surface area contributed by atoms with Gasteiger partial charge in [0.2, 0.25) is 0 Å². The molecule has 0 atom stereocenters. The lowest BCUT2D eigenvalue weighted by atomic mass is 10.0. The van der Waals surface area contributed by atoms with E-state index in [-0.39, 0.29) is 17.3 Å². The van der Waals surface area contributed by atoms with Crippen molar-refractivity contribution in [3.8, 4) is 5.75 Å². The molecule has 1 aromatic carbocycles. The molecular formula is C10H11FO2. The van der Waals surface area contributed by atoms with Gasteiger partial charge in [-0.2, -0.15) is 0 Å². The molecule has 0 saturated heterocycles. The Hall–Kier alpha value is -1.38. The molecule has 0 fully saturated rings. The minimum atomic E-state index is -0.758. The van der Waals surface area contributed by atoms with Crippen LogP contribution in [0.25, 0.3) is 0 Å². The summed E-state index contributed by atoms with van der Waals surface area (Å²) >= 11 is 0. The second-order valence-corrected chi connectivity index (χ2v) is 3.15. The van der Waals surface area contributed by atoms with E-state index >= 15 is 0 Å². The molecule has 0 aliphatic rings. The quantitative estimate of drug-likeness (QED) is 0.713. The van der Waals surface area contributed by atoms with Crippen molar-refractivity contribution in [2.24, 2.45) is 5.92 Å². The van der Waals surface area contributed by atoms with Crippen molar-refractivity contribution >= 4 is 5.78 Å². The molecule has 1 N–H and O–H groups in total. The van der Waals surface area contributed by atoms with Gasteiger partial charge in [-0.1, -0.05) is 19.9 Å². The van der Waals surface area contributed by atoms with Crippen LogP contribution in [-0.2, 0) is 0 Å². The zero-order chi connectivity index (χ0) is 10.0. The summed E-state index contributed by atoms with van der Waals surface area (Å²) in [6, 6.07) is 3.94. The third-order valence-corrected chi connectivity index (χ3v) is 1.78. The molecule has 13 heavy (non-hydrogen) atoms. The predicted octanol–water partition coefficient (Wildman–Crippen LogP) is 2.37. The van der Waals surface area contributed by atoms with Gasteiger partial charge in [0.1, 0.15) is 0 Å². The lowest BCUT2D eigenvalue weighted by Gasteiger charge is -2.06. The molecule has 1 aromatic rings. The smallest absolute Gasteiger partial charge is 0.169 e. The van der Waals surface area contributed by atoms with E-state index in [1.54, 1.807) is 13.8 Å². The number of aromatic hydroxyl groups is 1. The summed E-state index contributed by atoms with van der Waals surface area (Å²) in [6.07, 6.45) is 0. The zero-order valence-electron chi connectivity index (χ0n) is 7.54. The molecule has 0 saturated carbocycles. The number of ketones is 1. The number of carbonyl (C=O) groups excluding carboxylic acids is 1. The van der Waals surface area contributed by atoms with E-state index in [0.29, 0.717) is 0 Å². The standard InChI is InChI=1S/C10H11FO2/c1-6(2)9(12)7-4-3-5-8(11)10(7)13/h3-6,13H,1-2H3. The first kappa shape index (κ1) is 9.71. The van der Waals surface area contributed by atoms with Crippen molar-refractivity contribution < 1.29 is 14.3 Å². The summed E-state index contributed by atoms with van der Waals surface area (Å²) in [4.78, 5) is 11.4. The number of benzene rings is 1. The Kier molecular flexibility index (Phi) is 2.66. The molecule has 0 bridgehead atoms. The van der Waals surface area contributed by atoms with Gasteiger partial charge in [-0.05, 0) is 12.1 Å². The first-order chi connectivity index (χ1) is 6.04. The molecule has 0 spiro atoms. The van der Waals surface area contributed by atoms with Gasteiger partial charge in [-0.3, -0.25) is 4.79 Å². The van der Waals surface area contributed by atoms with Crippen molar-refractivity contribution in [3.05, 3.63) is 29.6 Å². The van der Waals surface area contributed by atoms with Gasteiger partial charge in [0.25, 0.3) is 0 Å². The number of hydrogen-bond donors (Lipinski definition) is 1. The maximum Gasteiger partial charge on any atom is 0.169 e. The zero-order valence-corrected chi connectivity index (χ0v) is 7.54. The van der Waals surface area contributed by atoms with Gasteiger partial charge >= 0.3 is 0 Å². The normalized spacial score (nSPS) is 10.5. The highest BCUT2D eigenvalue weighted by Gasteiger charge is 2.16. The van der Waals surface area contributed by atoms with Gasteiger partial charge in [0, 0.05) is 5.92 Å². The predicted molar refractivity (Wildman–Crippen MR) is 47.2 cm³/mol. The molecule has 0 aliphatic heterocycles. The van der Waals surface area contributed by atoms with E-state index in [2.05, 4.69) is 0 Å². The van der Waals surface area contributed by atoms with Crippen LogP contribution in [0.3, 0.4) is 0 Å². The molecule has 70 valence electrons. The largest absolute Gasteiger partial charge is 0.504 e. The molecule has 1 rings (SSSR count). The molecule has 3 heteroatoms. The molecule has 0 aliphatic carbocycles. The molecule has 2 nitrogen and oxygen atoms in total. The fraction of sp³-hybridized carbons (Fsp3) is 0.300. The Morgan fingerprint density at radius 3 is 2.62 bits per heavy atom. The van der Waals surface area contributed by atoms with Crippen LogP contribution in [0.1, 0.15) is 24.2 Å². The third-order valence-electron chi connectivity index (χ3n) is 1.78. The SMILES string of the molecule is CC(C)C(=O)c1cccc(F)c1O. The fourth-order valence-electron chi connectivity index (χ4n) is 1.03. The van der Waals surface area contributed by atoms with Gasteiger partial charge in [0.15, 0.2) is 17.3 Å². The lowest BCUT2D eigenvalue weighted by molar-refractivity contribution is 0.0936. The van der Waals surface area contributed by atoms with Crippen molar-refractivity contribution in [1.82, 2.24) is 0 Å². The molecular weight excluding hydrogens is 171 g/mol. The topological polar surface area (TPSA) is 37.3 Å². The minimum Gasteiger partial charge on any atom is -0.504 e. The van der Waals surface area contributed by atoms with Crippen molar-refractivity contribution in [3.63, 3.8) is 0 Å². The van der Waals surface area contributed by atoms with Crippen molar-refractivity contribution in [2.75, 3.05) is 0 Å². The van der Waals surface area contributed by atoms with Crippen LogP contribution in [0.15, 0.2) is 18.2 Å². The Bertz CT molecular complexity index is 332. The minimum absolute atomic E-state index is 0.0509. The maximum atomic E-state index is 12.8. The summed E-state index contributed by atoms with van der Waals surface area (Å²) < 4.78 is 12.8. The molecule has 0 radical (unpaired) electrons. The van der Waals surface area contributed by atoms with E-state index in [1.165, 1.54) is 12.1 Å². The number of para-hydroxylation sites is 1. The first-order valence-corrected chi connectivity index (χ1v) is 4.05. The van der Waals surface area contributed by atoms with Crippen LogP contribution in [-0.4, -0.2) is 10.9 Å². The first-order valence-electron chi connectivity index (χ1n) is 4.05. The van der Waals surface area contributed by atoms with Crippen LogP contribution >= 0.6 is 0 Å². The van der Waals surface area contributed by atoms with Crippen LogP contribution in [0, 0.1) is 11.7 Å². The monoisotopic (exact) mass is 182 g/mol. The highest BCUT2D eigenvalue weighted by atomic mass is 19.1. The number of hydrogen-bond acceptors (Lipinski definition) is 2. The Morgan fingerprint density at radius 1 is 1.46 bits per heavy atom. The summed E-state index contributed by atoms with van der Waals surface area (Å²) in [7, 11) is 0. The van der Waals surface area contributed by atoms with Crippen molar-refractivity contribution in [1.29, 1.82) is 0 Å². The van der Waals surface area contributed by atoms with E-state index in [0.717, 1.165) is 6.07 Å². The third kappa shape index (κ3) is 1.86. The molecule has 0 aromatic heterocycles. The van der Waals surface area contributed by atoms with Gasteiger partial charge in [-0.25, -0.2) is 4.39 Å². The van der Waals surface area contributed by atoms with E-state index in [1.807, 2.05) is 0 Å². The van der Waals surface area contributed by atoms with E-state index in [9.17, 15) is 14.3 Å². The van der Waals surface area contributed by atoms with E-state index < -0.39 is 11.6 Å².